The number of fused-ring (bicyclic) bond motifs is 2. The van der Waals surface area contributed by atoms with E-state index >= 15 is 0 Å². The molecule has 2 aromatic carbocycles. The third kappa shape index (κ3) is 8.65. The quantitative estimate of drug-likeness (QED) is 0.191. The van der Waals surface area contributed by atoms with E-state index in [1.807, 2.05) is 32.0 Å². The number of nitrogens with zero attached hydrogens (tertiary/aromatic N) is 1. The van der Waals surface area contributed by atoms with Gasteiger partial charge in [0.1, 0.15) is 11.5 Å². The summed E-state index contributed by atoms with van der Waals surface area (Å²) in [6.45, 7) is 13.1. The molecule has 3 aliphatic rings. The first-order valence-electron chi connectivity index (χ1n) is 18.0. The van der Waals surface area contributed by atoms with Crippen LogP contribution in [0.5, 0.6) is 11.5 Å². The van der Waals surface area contributed by atoms with Crippen molar-refractivity contribution in [3.8, 4) is 11.5 Å². The first-order chi connectivity index (χ1) is 24.7. The summed E-state index contributed by atoms with van der Waals surface area (Å²) >= 11 is 7.19. The molecule has 0 spiro atoms. The third-order valence-electron chi connectivity index (χ3n) is 10.9. The zero-order valence-corrected chi connectivity index (χ0v) is 34.4. The largest absolute Gasteiger partial charge is 0.497 e. The maximum atomic E-state index is 11.6. The second-order valence-corrected chi connectivity index (χ2v) is 18.8. The molecule has 0 fully saturated rings. The van der Waals surface area contributed by atoms with Crippen LogP contribution in [-0.4, -0.2) is 58.2 Å². The highest BCUT2D eigenvalue weighted by Crippen LogP contribution is 2.52. The standard InChI is InChI=1S/C41H52ClNO8S2/c1-26-22-30(50-7)24-34-37(26)32(14-10-20-52(44,45)46)33(40(34,3)4)17-15-28-12-9-13-29(38(28)42)16-18-36-41(5,6)35-25-31(51-8)23-27(2)39(35)43(36)19-11-21-53(47,48)49/h15-18,22-25H,9-14,19-21H2,1-8H3,(H,44,45,46)(H,47,48,49)/b17-15+,29-16+,36-18-. The summed E-state index contributed by atoms with van der Waals surface area (Å²) in [7, 11) is -4.91. The van der Waals surface area contributed by atoms with E-state index in [-0.39, 0.29) is 24.3 Å². The van der Waals surface area contributed by atoms with Crippen molar-refractivity contribution in [3.63, 3.8) is 0 Å². The van der Waals surface area contributed by atoms with Gasteiger partial charge in [-0.1, -0.05) is 57.5 Å². The molecule has 1 aliphatic heterocycles. The number of ether oxygens (including phenoxy) is 2. The minimum Gasteiger partial charge on any atom is -0.497 e. The molecule has 0 unspecified atom stereocenters. The van der Waals surface area contributed by atoms with Gasteiger partial charge in [-0.05, 0) is 133 Å². The molecule has 0 saturated carbocycles. The minimum atomic E-state index is -4.11. The Morgan fingerprint density at radius 1 is 0.811 bits per heavy atom. The van der Waals surface area contributed by atoms with E-state index < -0.39 is 31.1 Å². The molecule has 2 aromatic rings. The van der Waals surface area contributed by atoms with E-state index in [4.69, 9.17) is 21.1 Å². The van der Waals surface area contributed by atoms with Crippen LogP contribution < -0.4 is 14.4 Å². The topological polar surface area (TPSA) is 130 Å². The van der Waals surface area contributed by atoms with Crippen LogP contribution in [0.2, 0.25) is 0 Å². The number of anilines is 1. The second kappa shape index (κ2) is 15.4. The monoisotopic (exact) mass is 785 g/mol. The number of aryl methyl sites for hydroxylation is 2. The number of hydrogen-bond donors (Lipinski definition) is 2. The molecule has 0 atom stereocenters. The highest BCUT2D eigenvalue weighted by Gasteiger charge is 2.41. The maximum absolute atomic E-state index is 11.6. The van der Waals surface area contributed by atoms with Crippen LogP contribution in [0.1, 0.15) is 94.0 Å². The zero-order valence-electron chi connectivity index (χ0n) is 32.0. The predicted octanol–water partition coefficient (Wildman–Crippen LogP) is 9.15. The molecule has 0 saturated heterocycles. The van der Waals surface area contributed by atoms with Gasteiger partial charge in [0, 0.05) is 33.8 Å². The molecule has 0 radical (unpaired) electrons. The number of rotatable bonds is 13. The van der Waals surface area contributed by atoms with E-state index in [0.717, 1.165) is 92.3 Å². The Balaban J connectivity index is 1.54. The van der Waals surface area contributed by atoms with Crippen molar-refractivity contribution < 1.29 is 35.4 Å². The summed E-state index contributed by atoms with van der Waals surface area (Å²) in [5, 5.41) is 0.688. The molecular formula is C41H52ClNO8S2. The Labute approximate surface area is 320 Å². The van der Waals surface area contributed by atoms with E-state index in [1.54, 1.807) is 14.2 Å². The van der Waals surface area contributed by atoms with Gasteiger partial charge in [-0.3, -0.25) is 9.11 Å². The number of methoxy groups -OCH3 is 2. The fourth-order valence-electron chi connectivity index (χ4n) is 8.22. The van der Waals surface area contributed by atoms with Crippen LogP contribution in [0.15, 0.2) is 76.0 Å². The molecule has 5 rings (SSSR count). The minimum absolute atomic E-state index is 0.253. The van der Waals surface area contributed by atoms with Gasteiger partial charge in [0.25, 0.3) is 20.2 Å². The fourth-order valence-corrected chi connectivity index (χ4v) is 9.54. The van der Waals surface area contributed by atoms with Crippen molar-refractivity contribution in [2.75, 3.05) is 37.2 Å². The Morgan fingerprint density at radius 3 is 2.04 bits per heavy atom. The Morgan fingerprint density at radius 2 is 1.42 bits per heavy atom. The van der Waals surface area contributed by atoms with Gasteiger partial charge in [-0.15, -0.1) is 0 Å². The van der Waals surface area contributed by atoms with Crippen LogP contribution in [0, 0.1) is 13.8 Å². The maximum Gasteiger partial charge on any atom is 0.264 e. The number of halogens is 1. The van der Waals surface area contributed by atoms with E-state index in [1.165, 1.54) is 0 Å². The SMILES string of the molecule is COc1cc(C)c2c(c1)C(C)(C)C(/C=C/C1=C(Cl)C(=C/C=C3\N(CCCS(=O)(=O)O)c4c(C)cc(OC)cc4C3(C)C)/CCC1)=C2CCCS(=O)(=O)O. The van der Waals surface area contributed by atoms with Gasteiger partial charge in [0.05, 0.1) is 25.7 Å². The fraction of sp³-hybridized carbons (Fsp3) is 0.463. The van der Waals surface area contributed by atoms with Gasteiger partial charge < -0.3 is 14.4 Å². The van der Waals surface area contributed by atoms with Crippen LogP contribution in [0.3, 0.4) is 0 Å². The third-order valence-corrected chi connectivity index (χ3v) is 13.0. The Bertz CT molecular complexity index is 2170. The summed E-state index contributed by atoms with van der Waals surface area (Å²) in [6, 6.07) is 8.06. The Kier molecular flexibility index (Phi) is 11.9. The van der Waals surface area contributed by atoms with Crippen molar-refractivity contribution in [1.29, 1.82) is 0 Å². The van der Waals surface area contributed by atoms with E-state index in [2.05, 4.69) is 63.0 Å². The van der Waals surface area contributed by atoms with Crippen LogP contribution in [-0.2, 0) is 31.1 Å². The molecule has 288 valence electrons. The highest BCUT2D eigenvalue weighted by molar-refractivity contribution is 7.86. The zero-order chi connectivity index (χ0) is 39.1. The summed E-state index contributed by atoms with van der Waals surface area (Å²) in [5.41, 5.74) is 10.7. The van der Waals surface area contributed by atoms with Gasteiger partial charge in [-0.2, -0.15) is 16.8 Å². The number of allylic oxidation sites excluding steroid dienone is 10. The van der Waals surface area contributed by atoms with Crippen molar-refractivity contribution in [2.45, 2.75) is 90.9 Å². The molecule has 0 amide bonds. The predicted molar refractivity (Wildman–Crippen MR) is 214 cm³/mol. The number of benzene rings is 2. The molecule has 53 heavy (non-hydrogen) atoms. The summed E-state index contributed by atoms with van der Waals surface area (Å²) < 4.78 is 76.6. The normalized spacial score (nSPS) is 19.9. The highest BCUT2D eigenvalue weighted by atomic mass is 35.5. The van der Waals surface area contributed by atoms with E-state index in [9.17, 15) is 25.9 Å². The molecule has 0 bridgehead atoms. The summed E-state index contributed by atoms with van der Waals surface area (Å²) in [4.78, 5) is 2.15. The van der Waals surface area contributed by atoms with Gasteiger partial charge >= 0.3 is 0 Å². The molecule has 9 nitrogen and oxygen atoms in total. The Hall–Kier alpha value is -3.35. The lowest BCUT2D eigenvalue weighted by Crippen LogP contribution is -2.28. The molecule has 1 heterocycles. The van der Waals surface area contributed by atoms with Crippen LogP contribution in [0.25, 0.3) is 5.57 Å². The molecule has 0 aromatic heterocycles. The van der Waals surface area contributed by atoms with Gasteiger partial charge in [0.15, 0.2) is 0 Å². The van der Waals surface area contributed by atoms with Crippen molar-refractivity contribution in [2.24, 2.45) is 0 Å². The lowest BCUT2D eigenvalue weighted by molar-refractivity contribution is 0.413. The first-order valence-corrected chi connectivity index (χ1v) is 21.6. The first kappa shape index (κ1) is 40.8. The van der Waals surface area contributed by atoms with Gasteiger partial charge in [-0.25, -0.2) is 0 Å². The lowest BCUT2D eigenvalue weighted by Gasteiger charge is -2.27. The summed E-state index contributed by atoms with van der Waals surface area (Å²) in [6.07, 6.45) is 11.9. The smallest absolute Gasteiger partial charge is 0.264 e. The second-order valence-electron chi connectivity index (χ2n) is 15.3. The van der Waals surface area contributed by atoms with Crippen LogP contribution in [0.4, 0.5) is 5.69 Å². The van der Waals surface area contributed by atoms with Crippen molar-refractivity contribution >= 4 is 43.1 Å². The molecule has 2 aliphatic carbocycles. The average Bonchev–Trinajstić information content (AvgIpc) is 3.41. The summed E-state index contributed by atoms with van der Waals surface area (Å²) in [5.74, 6) is 0.868. The molecular weight excluding hydrogens is 734 g/mol. The molecule has 12 heteroatoms. The van der Waals surface area contributed by atoms with Crippen molar-refractivity contribution in [3.05, 3.63) is 104 Å². The molecule has 2 N–H and O–H groups in total. The van der Waals surface area contributed by atoms with Crippen molar-refractivity contribution in [1.82, 2.24) is 0 Å². The average molecular weight is 786 g/mol. The van der Waals surface area contributed by atoms with Gasteiger partial charge in [0.2, 0.25) is 0 Å². The lowest BCUT2D eigenvalue weighted by atomic mass is 9.80. The van der Waals surface area contributed by atoms with E-state index in [0.29, 0.717) is 18.0 Å². The van der Waals surface area contributed by atoms with Crippen LogP contribution >= 0.6 is 11.6 Å². The number of hydrogen-bond acceptors (Lipinski definition) is 7.